The topological polar surface area (TPSA) is 95.9 Å². The number of carbonyl (C=O) groups excluding carboxylic acids is 1. The van der Waals surface area contributed by atoms with E-state index in [1.165, 1.54) is 0 Å². The summed E-state index contributed by atoms with van der Waals surface area (Å²) in [6.07, 6.45) is -4.83. The molecule has 1 amide bonds. The maximum atomic E-state index is 11.9. The maximum absolute atomic E-state index is 11.9. The van der Waals surface area contributed by atoms with E-state index in [9.17, 15) is 27.9 Å². The number of alkyl halides is 3. The Morgan fingerprint density at radius 3 is 2.19 bits per heavy atom. The van der Waals surface area contributed by atoms with Crippen LogP contribution in [-0.4, -0.2) is 40.6 Å². The van der Waals surface area contributed by atoms with E-state index < -0.39 is 36.1 Å². The number of carboxylic acid groups (broad SMARTS) is 1. The van der Waals surface area contributed by atoms with Crippen molar-refractivity contribution in [2.24, 2.45) is 0 Å². The van der Waals surface area contributed by atoms with E-state index in [0.717, 1.165) is 31.2 Å². The summed E-state index contributed by atoms with van der Waals surface area (Å²) in [6.45, 7) is 0.442. The first kappa shape index (κ1) is 16.8. The van der Waals surface area contributed by atoms with Crippen molar-refractivity contribution in [1.82, 2.24) is 5.32 Å². The smallest absolute Gasteiger partial charge is 0.479 e. The fourth-order valence-corrected chi connectivity index (χ4v) is 1.24. The number of rotatable bonds is 5. The molecule has 0 heterocycles. The summed E-state index contributed by atoms with van der Waals surface area (Å²) < 4.78 is 39.5. The van der Waals surface area contributed by atoms with Gasteiger partial charge in [0.05, 0.1) is 6.54 Å². The number of aliphatic carboxylic acids is 1. The number of carboxylic acids is 1. The first-order valence-electron chi connectivity index (χ1n) is 5.61. The van der Waals surface area contributed by atoms with Gasteiger partial charge in [0.15, 0.2) is 5.60 Å². The van der Waals surface area contributed by atoms with Crippen LogP contribution in [0.2, 0.25) is 0 Å². The number of amides is 1. The lowest BCUT2D eigenvalue weighted by molar-refractivity contribution is -0.274. The number of aliphatic hydroxyl groups is 1. The zero-order valence-corrected chi connectivity index (χ0v) is 10.8. The molecular weight excluding hydrogens is 295 g/mol. The van der Waals surface area contributed by atoms with Gasteiger partial charge in [-0.05, 0) is 31.2 Å². The molecule has 1 aromatic rings. The van der Waals surface area contributed by atoms with E-state index in [0.29, 0.717) is 0 Å². The standard InChI is InChI=1S/C12H12F3NO5/c1-11(20,10(18)19)6-16-9(17)7-2-4-8(5-3-7)21-12(13,14)15/h2-5,20H,6H2,1H3,(H,16,17)(H,18,19). The monoisotopic (exact) mass is 307 g/mol. The molecule has 0 saturated heterocycles. The van der Waals surface area contributed by atoms with Crippen LogP contribution in [0.4, 0.5) is 13.2 Å². The summed E-state index contributed by atoms with van der Waals surface area (Å²) in [5.74, 6) is -2.75. The molecule has 1 rings (SSSR count). The second kappa shape index (κ2) is 6.00. The third kappa shape index (κ3) is 5.30. The number of hydrogen-bond acceptors (Lipinski definition) is 4. The molecule has 3 N–H and O–H groups in total. The van der Waals surface area contributed by atoms with Crippen LogP contribution in [0.25, 0.3) is 0 Å². The predicted octanol–water partition coefficient (Wildman–Crippen LogP) is 1.15. The van der Waals surface area contributed by atoms with Crippen molar-refractivity contribution in [3.63, 3.8) is 0 Å². The van der Waals surface area contributed by atoms with Crippen LogP contribution in [0.3, 0.4) is 0 Å². The zero-order valence-electron chi connectivity index (χ0n) is 10.8. The normalized spacial score (nSPS) is 14.1. The first-order valence-corrected chi connectivity index (χ1v) is 5.61. The molecule has 1 atom stereocenters. The maximum Gasteiger partial charge on any atom is 0.573 e. The van der Waals surface area contributed by atoms with Gasteiger partial charge in [0.1, 0.15) is 5.75 Å². The SMILES string of the molecule is CC(O)(CNC(=O)c1ccc(OC(F)(F)F)cc1)C(=O)O. The van der Waals surface area contributed by atoms with Crippen molar-refractivity contribution in [3.8, 4) is 5.75 Å². The minimum absolute atomic E-state index is 0.00860. The van der Waals surface area contributed by atoms with Gasteiger partial charge in [-0.15, -0.1) is 13.2 Å². The highest BCUT2D eigenvalue weighted by molar-refractivity contribution is 5.94. The highest BCUT2D eigenvalue weighted by atomic mass is 19.4. The molecule has 0 spiro atoms. The summed E-state index contributed by atoms with van der Waals surface area (Å²) in [4.78, 5) is 22.3. The van der Waals surface area contributed by atoms with Crippen LogP contribution in [0.1, 0.15) is 17.3 Å². The van der Waals surface area contributed by atoms with Crippen molar-refractivity contribution in [3.05, 3.63) is 29.8 Å². The minimum Gasteiger partial charge on any atom is -0.479 e. The Hall–Kier alpha value is -2.29. The van der Waals surface area contributed by atoms with E-state index in [2.05, 4.69) is 10.1 Å². The van der Waals surface area contributed by atoms with Crippen LogP contribution < -0.4 is 10.1 Å². The Balaban J connectivity index is 2.66. The number of ether oxygens (including phenoxy) is 1. The van der Waals surface area contributed by atoms with Gasteiger partial charge in [-0.25, -0.2) is 4.79 Å². The first-order chi connectivity index (χ1) is 9.51. The molecule has 0 aromatic heterocycles. The van der Waals surface area contributed by atoms with Gasteiger partial charge in [0.2, 0.25) is 0 Å². The quantitative estimate of drug-likeness (QED) is 0.758. The van der Waals surface area contributed by atoms with Crippen molar-refractivity contribution in [2.75, 3.05) is 6.54 Å². The fraction of sp³-hybridized carbons (Fsp3) is 0.333. The molecule has 1 aromatic carbocycles. The molecule has 21 heavy (non-hydrogen) atoms. The molecule has 0 fully saturated rings. The second-order valence-electron chi connectivity index (χ2n) is 4.33. The zero-order chi connectivity index (χ0) is 16.3. The summed E-state index contributed by atoms with van der Waals surface area (Å²) in [5, 5.41) is 20.2. The third-order valence-corrected chi connectivity index (χ3v) is 2.40. The van der Waals surface area contributed by atoms with Gasteiger partial charge >= 0.3 is 12.3 Å². The molecule has 0 aliphatic carbocycles. The van der Waals surface area contributed by atoms with Gasteiger partial charge < -0.3 is 20.3 Å². The predicted molar refractivity (Wildman–Crippen MR) is 63.7 cm³/mol. The van der Waals surface area contributed by atoms with Gasteiger partial charge in [0.25, 0.3) is 5.91 Å². The summed E-state index contributed by atoms with van der Waals surface area (Å²) >= 11 is 0. The van der Waals surface area contributed by atoms with Crippen LogP contribution in [-0.2, 0) is 4.79 Å². The molecule has 0 bridgehead atoms. The lowest BCUT2D eigenvalue weighted by atomic mass is 10.1. The Bertz CT molecular complexity index is 525. The molecule has 0 aliphatic heterocycles. The summed E-state index contributed by atoms with van der Waals surface area (Å²) in [6, 6.07) is 4.03. The second-order valence-corrected chi connectivity index (χ2v) is 4.33. The van der Waals surface area contributed by atoms with E-state index in [1.807, 2.05) is 0 Å². The van der Waals surface area contributed by atoms with Crippen LogP contribution in [0.15, 0.2) is 24.3 Å². The van der Waals surface area contributed by atoms with Gasteiger partial charge in [-0.2, -0.15) is 0 Å². The van der Waals surface area contributed by atoms with Gasteiger partial charge in [-0.3, -0.25) is 4.79 Å². The lowest BCUT2D eigenvalue weighted by Gasteiger charge is -2.18. The number of hydrogen-bond donors (Lipinski definition) is 3. The molecule has 0 aliphatic rings. The number of benzene rings is 1. The minimum atomic E-state index is -4.83. The Morgan fingerprint density at radius 2 is 1.76 bits per heavy atom. The molecule has 0 radical (unpaired) electrons. The van der Waals surface area contributed by atoms with Crippen LogP contribution >= 0.6 is 0 Å². The van der Waals surface area contributed by atoms with E-state index >= 15 is 0 Å². The van der Waals surface area contributed by atoms with Crippen molar-refractivity contribution in [1.29, 1.82) is 0 Å². The lowest BCUT2D eigenvalue weighted by Crippen LogP contribution is -2.46. The van der Waals surface area contributed by atoms with Crippen molar-refractivity contribution < 1.29 is 37.7 Å². The molecule has 1 unspecified atom stereocenters. The van der Waals surface area contributed by atoms with Crippen molar-refractivity contribution in [2.45, 2.75) is 18.9 Å². The van der Waals surface area contributed by atoms with E-state index in [1.54, 1.807) is 0 Å². The number of halogens is 3. The highest BCUT2D eigenvalue weighted by Crippen LogP contribution is 2.22. The summed E-state index contributed by atoms with van der Waals surface area (Å²) in [5.41, 5.74) is -2.15. The average Bonchev–Trinajstić information content (AvgIpc) is 2.35. The molecule has 6 nitrogen and oxygen atoms in total. The molecular formula is C12H12F3NO5. The van der Waals surface area contributed by atoms with Gasteiger partial charge in [-0.1, -0.05) is 0 Å². The fourth-order valence-electron chi connectivity index (χ4n) is 1.24. The van der Waals surface area contributed by atoms with Crippen LogP contribution in [0.5, 0.6) is 5.75 Å². The average molecular weight is 307 g/mol. The number of nitrogens with one attached hydrogen (secondary N) is 1. The van der Waals surface area contributed by atoms with E-state index in [-0.39, 0.29) is 5.56 Å². The van der Waals surface area contributed by atoms with Crippen LogP contribution in [0, 0.1) is 0 Å². The Morgan fingerprint density at radius 1 is 1.24 bits per heavy atom. The summed E-state index contributed by atoms with van der Waals surface area (Å²) in [7, 11) is 0. The number of carbonyl (C=O) groups is 2. The largest absolute Gasteiger partial charge is 0.573 e. The molecule has 9 heteroatoms. The molecule has 116 valence electrons. The Labute approximate surface area is 117 Å². The Kier molecular flexibility index (Phi) is 4.79. The highest BCUT2D eigenvalue weighted by Gasteiger charge is 2.31. The van der Waals surface area contributed by atoms with Crippen molar-refractivity contribution >= 4 is 11.9 Å². The van der Waals surface area contributed by atoms with E-state index in [4.69, 9.17) is 5.11 Å². The molecule has 0 saturated carbocycles. The van der Waals surface area contributed by atoms with Gasteiger partial charge in [0, 0.05) is 5.56 Å². The third-order valence-electron chi connectivity index (χ3n) is 2.40.